The van der Waals surface area contributed by atoms with Crippen LogP contribution in [-0.4, -0.2) is 11.9 Å². The van der Waals surface area contributed by atoms with E-state index in [2.05, 4.69) is 10.9 Å². The van der Waals surface area contributed by atoms with Gasteiger partial charge in [-0.1, -0.05) is 42.5 Å². The molecule has 0 saturated carbocycles. The van der Waals surface area contributed by atoms with Crippen molar-refractivity contribution in [3.8, 4) is 0 Å². The Morgan fingerprint density at radius 1 is 1.29 bits per heavy atom. The lowest BCUT2D eigenvalue weighted by Crippen LogP contribution is -2.42. The van der Waals surface area contributed by atoms with E-state index in [1.165, 1.54) is 0 Å². The summed E-state index contributed by atoms with van der Waals surface area (Å²) in [7, 11) is 0. The van der Waals surface area contributed by atoms with Crippen LogP contribution in [0.4, 0.5) is 0 Å². The molecule has 3 rings (SSSR count). The lowest BCUT2D eigenvalue weighted by molar-refractivity contribution is -0.120. The van der Waals surface area contributed by atoms with Crippen LogP contribution in [0.1, 0.15) is 0 Å². The van der Waals surface area contributed by atoms with E-state index in [-0.39, 0.29) is 17.9 Å². The minimum absolute atomic E-state index is 0.0209. The molecule has 1 aromatic rings. The summed E-state index contributed by atoms with van der Waals surface area (Å²) in [6.45, 7) is 0. The molecule has 0 radical (unpaired) electrons. The first-order chi connectivity index (χ1) is 8.27. The fourth-order valence-corrected chi connectivity index (χ4v) is 2.36. The Balaban J connectivity index is 2.24. The summed E-state index contributed by atoms with van der Waals surface area (Å²) < 4.78 is 0. The number of benzene rings is 1. The molecular formula is C13H13N3O. The van der Waals surface area contributed by atoms with E-state index in [9.17, 15) is 4.79 Å². The smallest absolute Gasteiger partial charge is 0.237 e. The molecule has 0 bridgehead atoms. The van der Waals surface area contributed by atoms with Gasteiger partial charge in [0, 0.05) is 16.8 Å². The van der Waals surface area contributed by atoms with Crippen molar-refractivity contribution in [1.82, 2.24) is 10.9 Å². The van der Waals surface area contributed by atoms with Crippen LogP contribution >= 0.6 is 0 Å². The number of allylic oxidation sites excluding steroid dienone is 1. The summed E-state index contributed by atoms with van der Waals surface area (Å²) in [6, 6.07) is 7.69. The Bertz CT molecular complexity index is 618. The van der Waals surface area contributed by atoms with Gasteiger partial charge in [-0.2, -0.15) is 0 Å². The molecule has 2 unspecified atom stereocenters. The molecule has 2 atom stereocenters. The molecule has 1 aliphatic carbocycles. The predicted octanol–water partition coefficient (Wildman–Crippen LogP) is -1.28. The van der Waals surface area contributed by atoms with Gasteiger partial charge in [0.1, 0.15) is 6.04 Å². The molecule has 86 valence electrons. The number of carbonyl (C=O) groups excluding carboxylic acids is 1. The van der Waals surface area contributed by atoms with Crippen LogP contribution in [0.15, 0.2) is 36.4 Å². The van der Waals surface area contributed by atoms with E-state index in [0.717, 1.165) is 16.1 Å². The summed E-state index contributed by atoms with van der Waals surface area (Å²) in [4.78, 5) is 11.3. The van der Waals surface area contributed by atoms with Crippen molar-refractivity contribution in [1.29, 1.82) is 0 Å². The molecule has 4 heteroatoms. The Hall–Kier alpha value is -2.07. The van der Waals surface area contributed by atoms with Crippen LogP contribution in [0, 0.1) is 5.92 Å². The second-order valence-corrected chi connectivity index (χ2v) is 4.23. The fraction of sp³-hybridized carbons (Fsp3) is 0.154. The molecule has 1 saturated heterocycles. The van der Waals surface area contributed by atoms with Crippen molar-refractivity contribution in [2.24, 2.45) is 11.7 Å². The summed E-state index contributed by atoms with van der Waals surface area (Å²) in [6.07, 6.45) is 6.01. The number of nitrogens with two attached hydrogens (primary N) is 1. The van der Waals surface area contributed by atoms with Gasteiger partial charge in [-0.05, 0) is 5.22 Å². The molecule has 17 heavy (non-hydrogen) atoms. The number of rotatable bonds is 1. The quantitative estimate of drug-likeness (QED) is 0.560. The highest BCUT2D eigenvalue weighted by molar-refractivity contribution is 5.84. The van der Waals surface area contributed by atoms with Crippen LogP contribution in [0.25, 0.3) is 11.8 Å². The Labute approximate surface area is 98.5 Å². The number of primary amides is 1. The number of hydrogen-bond acceptors (Lipinski definition) is 3. The van der Waals surface area contributed by atoms with Gasteiger partial charge in [0.2, 0.25) is 5.91 Å². The van der Waals surface area contributed by atoms with Gasteiger partial charge in [0.15, 0.2) is 0 Å². The monoisotopic (exact) mass is 227 g/mol. The Morgan fingerprint density at radius 3 is 2.94 bits per heavy atom. The first-order valence-electron chi connectivity index (χ1n) is 5.56. The highest BCUT2D eigenvalue weighted by Gasteiger charge is 2.34. The third-order valence-electron chi connectivity index (χ3n) is 3.21. The van der Waals surface area contributed by atoms with Gasteiger partial charge in [-0.15, -0.1) is 0 Å². The first kappa shape index (κ1) is 10.1. The van der Waals surface area contributed by atoms with Gasteiger partial charge in [0.05, 0.1) is 0 Å². The third kappa shape index (κ3) is 1.54. The number of hydrogen-bond donors (Lipinski definition) is 3. The molecule has 1 aromatic carbocycles. The van der Waals surface area contributed by atoms with E-state index in [1.54, 1.807) is 0 Å². The normalized spacial score (nSPS) is 25.3. The maximum Gasteiger partial charge on any atom is 0.237 e. The molecule has 4 nitrogen and oxygen atoms in total. The second kappa shape index (κ2) is 3.75. The van der Waals surface area contributed by atoms with Crippen molar-refractivity contribution in [3.05, 3.63) is 46.9 Å². The van der Waals surface area contributed by atoms with Gasteiger partial charge >= 0.3 is 0 Å². The number of fused-ring (bicyclic) bond motifs is 2. The molecule has 4 N–H and O–H groups in total. The average molecular weight is 227 g/mol. The summed E-state index contributed by atoms with van der Waals surface area (Å²) >= 11 is 0. The molecule has 1 heterocycles. The van der Waals surface area contributed by atoms with Crippen LogP contribution < -0.4 is 27.0 Å². The Morgan fingerprint density at radius 2 is 2.12 bits per heavy atom. The molecule has 2 aliphatic rings. The van der Waals surface area contributed by atoms with Crippen molar-refractivity contribution in [2.75, 3.05) is 0 Å². The minimum atomic E-state index is -0.388. The highest BCUT2D eigenvalue weighted by Crippen LogP contribution is 2.20. The van der Waals surface area contributed by atoms with E-state index in [4.69, 9.17) is 5.73 Å². The maximum atomic E-state index is 11.3. The van der Waals surface area contributed by atoms with E-state index in [0.29, 0.717) is 0 Å². The largest absolute Gasteiger partial charge is 0.368 e. The predicted molar refractivity (Wildman–Crippen MR) is 65.4 cm³/mol. The van der Waals surface area contributed by atoms with Crippen LogP contribution in [0.2, 0.25) is 0 Å². The van der Waals surface area contributed by atoms with E-state index < -0.39 is 0 Å². The van der Waals surface area contributed by atoms with E-state index in [1.807, 2.05) is 42.5 Å². The maximum absolute atomic E-state index is 11.3. The summed E-state index contributed by atoms with van der Waals surface area (Å²) in [5.74, 6) is -0.367. The molecular weight excluding hydrogens is 214 g/mol. The fourth-order valence-electron chi connectivity index (χ4n) is 2.36. The molecule has 1 fully saturated rings. The zero-order chi connectivity index (χ0) is 11.8. The van der Waals surface area contributed by atoms with Crippen molar-refractivity contribution >= 4 is 17.7 Å². The topological polar surface area (TPSA) is 67.2 Å². The van der Waals surface area contributed by atoms with Crippen molar-refractivity contribution < 1.29 is 4.79 Å². The van der Waals surface area contributed by atoms with Crippen LogP contribution in [-0.2, 0) is 4.79 Å². The lowest BCUT2D eigenvalue weighted by Gasteiger charge is -2.10. The Kier molecular flexibility index (Phi) is 2.23. The summed E-state index contributed by atoms with van der Waals surface area (Å²) in [5.41, 5.74) is 12.4. The van der Waals surface area contributed by atoms with Crippen LogP contribution in [0.3, 0.4) is 0 Å². The SMILES string of the molecule is NC(=O)C1NNC2=c3ccccc3=CC=CC21. The van der Waals surface area contributed by atoms with Gasteiger partial charge in [-0.25, -0.2) is 5.43 Å². The van der Waals surface area contributed by atoms with Gasteiger partial charge < -0.3 is 11.2 Å². The van der Waals surface area contributed by atoms with Gasteiger partial charge in [-0.3, -0.25) is 4.79 Å². The number of carbonyl (C=O) groups is 1. The third-order valence-corrected chi connectivity index (χ3v) is 3.21. The first-order valence-corrected chi connectivity index (χ1v) is 5.56. The second-order valence-electron chi connectivity index (χ2n) is 4.23. The van der Waals surface area contributed by atoms with Crippen molar-refractivity contribution in [2.45, 2.75) is 6.04 Å². The van der Waals surface area contributed by atoms with E-state index >= 15 is 0 Å². The lowest BCUT2D eigenvalue weighted by atomic mass is 9.97. The number of nitrogens with one attached hydrogen (secondary N) is 2. The highest BCUT2D eigenvalue weighted by atomic mass is 16.1. The average Bonchev–Trinajstić information content (AvgIpc) is 2.66. The zero-order valence-electron chi connectivity index (χ0n) is 9.18. The molecule has 1 aliphatic heterocycles. The zero-order valence-corrected chi connectivity index (χ0v) is 9.18. The minimum Gasteiger partial charge on any atom is -0.368 e. The van der Waals surface area contributed by atoms with Crippen molar-refractivity contribution in [3.63, 3.8) is 0 Å². The number of amides is 1. The molecule has 0 spiro atoms. The molecule has 1 amide bonds. The van der Waals surface area contributed by atoms with Crippen LogP contribution in [0.5, 0.6) is 0 Å². The number of hydrazine groups is 1. The molecule has 0 aromatic heterocycles. The standard InChI is InChI=1S/C13H13N3O/c14-13(17)12-10-7-3-5-8-4-1-2-6-9(8)11(10)15-16-12/h1-7,10,12,15-16H,(H2,14,17). The summed E-state index contributed by atoms with van der Waals surface area (Å²) in [5, 5.41) is 2.25. The van der Waals surface area contributed by atoms with Gasteiger partial charge in [0.25, 0.3) is 0 Å².